The molecule has 0 heterocycles. The third-order valence-electron chi connectivity index (χ3n) is 0.125. The van der Waals surface area contributed by atoms with E-state index in [0.717, 1.165) is 0 Å². The number of hydrogen-bond acceptors (Lipinski definition) is 0. The zero-order valence-electron chi connectivity index (χ0n) is 9.24. The quantitative estimate of drug-likeness (QED) is 0.497. The second-order valence-electron chi connectivity index (χ2n) is 0.500. The van der Waals surface area contributed by atoms with E-state index in [9.17, 15) is 0 Å². The fraction of sp³-hybridized carbons (Fsp3) is 0.333. The first-order valence-corrected chi connectivity index (χ1v) is 1.21. The smallest absolute Gasteiger partial charge is 0.679 e. The second-order valence-corrected chi connectivity index (χ2v) is 0.500. The van der Waals surface area contributed by atoms with Gasteiger partial charge in [-0.05, 0) is 0 Å². The second kappa shape index (κ2) is 106. The Morgan fingerprint density at radius 1 is 0.583 bits per heavy atom. The minimum Gasteiger partial charge on any atom is -0.679 e. The molecule has 2 N–H and O–H groups in total. The molecule has 0 atom stereocenters. The monoisotopic (exact) mass is 374 g/mol. The molecule has 12 heavy (non-hydrogen) atoms. The molecule has 0 aromatic carbocycles. The van der Waals surface area contributed by atoms with Crippen LogP contribution in [0.3, 0.4) is 0 Å². The van der Waals surface area contributed by atoms with Gasteiger partial charge in [-0.25, -0.2) is 0 Å². The van der Waals surface area contributed by atoms with Gasteiger partial charge >= 0.3 is 39.0 Å². The summed E-state index contributed by atoms with van der Waals surface area (Å²) in [4.78, 5) is 0. The van der Waals surface area contributed by atoms with Crippen LogP contribution >= 0.6 is 0 Å². The van der Waals surface area contributed by atoms with E-state index in [0.29, 0.717) is 0 Å². The molecule has 0 radical (unpaired) electrons. The summed E-state index contributed by atoms with van der Waals surface area (Å²) in [7, 11) is 0. The van der Waals surface area contributed by atoms with Gasteiger partial charge in [0.25, 0.3) is 0 Å². The van der Waals surface area contributed by atoms with Gasteiger partial charge in [0.1, 0.15) is 0 Å². The van der Waals surface area contributed by atoms with Gasteiger partial charge in [-0.2, -0.15) is 13.1 Å². The SMILES string of the molecule is [CH3-].[CH3-].[CH3-].[CH3-].[NH-]CC[NH-].[Zn+2].[Zn+2].[Zn].[Zn]. The van der Waals surface area contributed by atoms with Gasteiger partial charge in [-0.1, -0.05) is 0 Å². The molecular formula is C6H18N2Zn4-2. The van der Waals surface area contributed by atoms with E-state index >= 15 is 0 Å². The molecule has 0 aliphatic heterocycles. The first-order valence-electron chi connectivity index (χ1n) is 1.21. The first kappa shape index (κ1) is 88.5. The molecule has 0 bridgehead atoms. The maximum Gasteiger partial charge on any atom is 2.00 e. The Labute approximate surface area is 131 Å². The fourth-order valence-corrected chi connectivity index (χ4v) is 0. The molecule has 0 amide bonds. The van der Waals surface area contributed by atoms with Crippen molar-refractivity contribution >= 4 is 0 Å². The fourth-order valence-electron chi connectivity index (χ4n) is 0. The van der Waals surface area contributed by atoms with Crippen molar-refractivity contribution in [3.63, 3.8) is 0 Å². The third-order valence-corrected chi connectivity index (χ3v) is 0.125. The van der Waals surface area contributed by atoms with Crippen LogP contribution in [-0.4, -0.2) is 13.1 Å². The summed E-state index contributed by atoms with van der Waals surface area (Å²) in [5.74, 6) is 0. The normalized spacial score (nSPS) is 2.50. The van der Waals surface area contributed by atoms with Gasteiger partial charge in [-0.3, -0.25) is 0 Å². The van der Waals surface area contributed by atoms with Crippen molar-refractivity contribution in [2.45, 2.75) is 0 Å². The van der Waals surface area contributed by atoms with Crippen LogP contribution in [0.5, 0.6) is 0 Å². The maximum absolute atomic E-state index is 6.26. The molecule has 0 saturated carbocycles. The largest absolute Gasteiger partial charge is 2.00 e. The van der Waals surface area contributed by atoms with E-state index in [1.54, 1.807) is 0 Å². The zero-order chi connectivity index (χ0) is 3.41. The molecule has 0 spiro atoms. The Kier molecular flexibility index (Phi) is 782. The predicted molar refractivity (Wildman–Crippen MR) is 44.0 cm³/mol. The van der Waals surface area contributed by atoms with E-state index in [2.05, 4.69) is 0 Å². The van der Waals surface area contributed by atoms with Crippen molar-refractivity contribution in [3.8, 4) is 0 Å². The summed E-state index contributed by atoms with van der Waals surface area (Å²) in [6.45, 7) is 0.472. The van der Waals surface area contributed by atoms with Crippen LogP contribution in [0.2, 0.25) is 0 Å². The van der Waals surface area contributed by atoms with Gasteiger partial charge < -0.3 is 41.2 Å². The number of rotatable bonds is 1. The predicted octanol–water partition coefficient (Wildman–Crippen LogP) is 2.88. The average molecular weight is 380 g/mol. The topological polar surface area (TPSA) is 47.6 Å². The van der Waals surface area contributed by atoms with Crippen LogP contribution in [0, 0.1) is 29.7 Å². The standard InChI is InChI=1S/C2H6N2.4CH3.4Zn/c3-1-2-4;;;;;;;;/h3-4H,1-2H2;4*1H3;;;;/q-2;4*-1;;;2*+2. The molecule has 0 saturated heterocycles. The van der Waals surface area contributed by atoms with E-state index in [-0.39, 0.29) is 121 Å². The summed E-state index contributed by atoms with van der Waals surface area (Å²) in [5, 5.41) is 0. The van der Waals surface area contributed by atoms with Gasteiger partial charge in [-0.15, -0.1) is 0 Å². The maximum atomic E-state index is 6.26. The van der Waals surface area contributed by atoms with Crippen molar-refractivity contribution < 1.29 is 77.9 Å². The van der Waals surface area contributed by atoms with Gasteiger partial charge in [0.2, 0.25) is 0 Å². The van der Waals surface area contributed by atoms with Crippen LogP contribution < -0.4 is 0 Å². The summed E-state index contributed by atoms with van der Waals surface area (Å²) in [6.07, 6.45) is 0. The van der Waals surface area contributed by atoms with Crippen molar-refractivity contribution in [1.29, 1.82) is 0 Å². The van der Waals surface area contributed by atoms with E-state index in [4.69, 9.17) is 11.5 Å². The Bertz CT molecular complexity index is 19.5. The third kappa shape index (κ3) is 139. The van der Waals surface area contributed by atoms with Crippen LogP contribution in [-0.2, 0) is 77.9 Å². The molecule has 62 valence electrons. The number of nitrogens with one attached hydrogen (secondary N) is 2. The Morgan fingerprint density at radius 3 is 0.667 bits per heavy atom. The summed E-state index contributed by atoms with van der Waals surface area (Å²) < 4.78 is 0. The molecule has 0 aliphatic carbocycles. The summed E-state index contributed by atoms with van der Waals surface area (Å²) >= 11 is 0. The van der Waals surface area contributed by atoms with Crippen LogP contribution in [0.15, 0.2) is 0 Å². The first-order chi connectivity index (χ1) is 1.91. The molecule has 6 heteroatoms. The minimum absolute atomic E-state index is 0. The molecule has 2 nitrogen and oxygen atoms in total. The summed E-state index contributed by atoms with van der Waals surface area (Å²) in [5.41, 5.74) is 12.5. The summed E-state index contributed by atoms with van der Waals surface area (Å²) in [6, 6.07) is 0. The molecule has 0 aromatic heterocycles. The number of hydrogen-bond donors (Lipinski definition) is 0. The van der Waals surface area contributed by atoms with E-state index in [1.165, 1.54) is 0 Å². The van der Waals surface area contributed by atoms with Gasteiger partial charge in [0, 0.05) is 39.0 Å². The molecule has 0 rings (SSSR count). The van der Waals surface area contributed by atoms with Gasteiger partial charge in [0.15, 0.2) is 0 Å². The molecule has 0 fully saturated rings. The molecule has 0 unspecified atom stereocenters. The van der Waals surface area contributed by atoms with E-state index < -0.39 is 0 Å². The van der Waals surface area contributed by atoms with Crippen LogP contribution in [0.1, 0.15) is 0 Å². The zero-order valence-corrected chi connectivity index (χ0v) is 21.1. The average Bonchev–Trinajstić information content (AvgIpc) is 1.37. The van der Waals surface area contributed by atoms with E-state index in [1.807, 2.05) is 0 Å². The van der Waals surface area contributed by atoms with Crippen LogP contribution in [0.25, 0.3) is 11.5 Å². The minimum atomic E-state index is 0. The van der Waals surface area contributed by atoms with Gasteiger partial charge in [0.05, 0.1) is 0 Å². The Morgan fingerprint density at radius 2 is 0.667 bits per heavy atom. The van der Waals surface area contributed by atoms with Crippen molar-refractivity contribution in [2.75, 3.05) is 13.1 Å². The Balaban J connectivity index is -0.00000000161. The molecular weight excluding hydrogens is 362 g/mol. The van der Waals surface area contributed by atoms with Crippen molar-refractivity contribution in [1.82, 2.24) is 0 Å². The molecule has 0 aromatic rings. The Hall–Kier alpha value is 2.41. The van der Waals surface area contributed by atoms with Crippen molar-refractivity contribution in [3.05, 3.63) is 41.2 Å². The van der Waals surface area contributed by atoms with Crippen molar-refractivity contribution in [2.24, 2.45) is 0 Å². The van der Waals surface area contributed by atoms with Crippen LogP contribution in [0.4, 0.5) is 0 Å². The molecule has 0 aliphatic rings.